The van der Waals surface area contributed by atoms with Crippen molar-refractivity contribution in [3.8, 4) is 0 Å². The largest absolute Gasteiger partial charge is 0.444 e. The zero-order valence-electron chi connectivity index (χ0n) is 27.8. The molecule has 3 rings (SSSR count). The van der Waals surface area contributed by atoms with E-state index in [4.69, 9.17) is 4.74 Å². The summed E-state index contributed by atoms with van der Waals surface area (Å²) in [5, 5.41) is 14.9. The molecule has 4 N–H and O–H groups in total. The van der Waals surface area contributed by atoms with Gasteiger partial charge in [-0.2, -0.15) is 0 Å². The van der Waals surface area contributed by atoms with Crippen molar-refractivity contribution < 1.29 is 28.7 Å². The fourth-order valence-corrected chi connectivity index (χ4v) is 5.60. The Labute approximate surface area is 266 Å². The van der Waals surface area contributed by atoms with E-state index in [0.29, 0.717) is 19.5 Å². The van der Waals surface area contributed by atoms with Gasteiger partial charge in [-0.15, -0.1) is 0 Å². The number of nitrogens with zero attached hydrogens (tertiary/aromatic N) is 3. The van der Waals surface area contributed by atoms with Crippen LogP contribution in [0.15, 0.2) is 30.3 Å². The Kier molecular flexibility index (Phi) is 12.3. The van der Waals surface area contributed by atoms with Gasteiger partial charge in [0, 0.05) is 52.1 Å². The average molecular weight is 630 g/mol. The Hall–Kier alpha value is -3.71. The molecule has 2 unspecified atom stereocenters. The van der Waals surface area contributed by atoms with Crippen LogP contribution in [0.4, 0.5) is 4.79 Å². The van der Waals surface area contributed by atoms with Crippen LogP contribution < -0.4 is 21.3 Å². The molecule has 5 amide bonds. The minimum atomic E-state index is -0.994. The summed E-state index contributed by atoms with van der Waals surface area (Å²) >= 11 is 0. The molecular weight excluding hydrogens is 578 g/mol. The monoisotopic (exact) mass is 629 g/mol. The van der Waals surface area contributed by atoms with Crippen molar-refractivity contribution in [3.63, 3.8) is 0 Å². The molecule has 2 aliphatic heterocycles. The number of alkyl carbamates (subject to hydrolysis) is 1. The lowest BCUT2D eigenvalue weighted by Gasteiger charge is -2.48. The van der Waals surface area contributed by atoms with Gasteiger partial charge >= 0.3 is 6.09 Å². The van der Waals surface area contributed by atoms with Crippen LogP contribution in [-0.4, -0.2) is 116 Å². The SMILES string of the molecule is CC(C)CC(NC(=O)CNC(=O)C(Cc1ccccc1)NC(=O)OC(C)(C)C)C(=O)NCC(=O)N1CC2(CCN(N(C)C)C2)C1. The molecule has 0 aliphatic carbocycles. The highest BCUT2D eigenvalue weighted by molar-refractivity contribution is 5.93. The molecule has 45 heavy (non-hydrogen) atoms. The number of carbonyl (C=O) groups is 5. The van der Waals surface area contributed by atoms with E-state index in [0.717, 1.165) is 25.1 Å². The van der Waals surface area contributed by atoms with Gasteiger partial charge in [-0.25, -0.2) is 14.8 Å². The first kappa shape index (κ1) is 35.8. The van der Waals surface area contributed by atoms with E-state index in [2.05, 4.69) is 31.3 Å². The Morgan fingerprint density at radius 3 is 2.11 bits per heavy atom. The number of likely N-dealkylation sites (tertiary alicyclic amines) is 1. The number of carbonyl (C=O) groups excluding carboxylic acids is 5. The number of hydrazine groups is 1. The summed E-state index contributed by atoms with van der Waals surface area (Å²) in [5.74, 6) is -1.67. The molecule has 13 heteroatoms. The first-order chi connectivity index (χ1) is 21.1. The number of hydrogen-bond acceptors (Lipinski definition) is 8. The molecule has 1 spiro atoms. The number of ether oxygens (including phenoxy) is 1. The van der Waals surface area contributed by atoms with Gasteiger partial charge < -0.3 is 30.9 Å². The lowest BCUT2D eigenvalue weighted by atomic mass is 9.79. The third-order valence-electron chi connectivity index (χ3n) is 7.88. The summed E-state index contributed by atoms with van der Waals surface area (Å²) in [5.41, 5.74) is 0.175. The van der Waals surface area contributed by atoms with Crippen molar-refractivity contribution in [2.45, 2.75) is 71.6 Å². The van der Waals surface area contributed by atoms with Crippen LogP contribution in [0.3, 0.4) is 0 Å². The fraction of sp³-hybridized carbons (Fsp3) is 0.656. The molecule has 2 aliphatic rings. The second-order valence-electron chi connectivity index (χ2n) is 13.8. The Morgan fingerprint density at radius 2 is 1.53 bits per heavy atom. The summed E-state index contributed by atoms with van der Waals surface area (Å²) in [6.07, 6.45) is 0.818. The zero-order chi connectivity index (χ0) is 33.4. The molecule has 0 bridgehead atoms. The fourth-order valence-electron chi connectivity index (χ4n) is 5.60. The van der Waals surface area contributed by atoms with E-state index in [1.807, 2.05) is 58.3 Å². The molecular formula is C32H51N7O6. The summed E-state index contributed by atoms with van der Waals surface area (Å²) in [7, 11) is 4.03. The number of amides is 5. The van der Waals surface area contributed by atoms with Crippen molar-refractivity contribution in [2.24, 2.45) is 11.3 Å². The molecule has 1 aromatic rings. The number of hydrogen-bond donors (Lipinski definition) is 4. The van der Waals surface area contributed by atoms with E-state index in [-0.39, 0.29) is 30.2 Å². The second-order valence-corrected chi connectivity index (χ2v) is 13.8. The van der Waals surface area contributed by atoms with Crippen LogP contribution >= 0.6 is 0 Å². The molecule has 250 valence electrons. The van der Waals surface area contributed by atoms with E-state index in [9.17, 15) is 24.0 Å². The van der Waals surface area contributed by atoms with Gasteiger partial charge in [0.2, 0.25) is 23.6 Å². The zero-order valence-corrected chi connectivity index (χ0v) is 27.8. The smallest absolute Gasteiger partial charge is 0.408 e. The van der Waals surface area contributed by atoms with Crippen LogP contribution in [0.5, 0.6) is 0 Å². The Morgan fingerprint density at radius 1 is 0.911 bits per heavy atom. The van der Waals surface area contributed by atoms with Gasteiger partial charge in [-0.05, 0) is 45.1 Å². The highest BCUT2D eigenvalue weighted by Crippen LogP contribution is 2.39. The maximum Gasteiger partial charge on any atom is 0.408 e. The second kappa shape index (κ2) is 15.5. The first-order valence-electron chi connectivity index (χ1n) is 15.6. The molecule has 0 aromatic heterocycles. The summed E-state index contributed by atoms with van der Waals surface area (Å²) < 4.78 is 5.32. The molecule has 0 radical (unpaired) electrons. The van der Waals surface area contributed by atoms with Crippen molar-refractivity contribution in [1.82, 2.24) is 36.2 Å². The summed E-state index contributed by atoms with van der Waals surface area (Å²) in [6, 6.07) is 7.29. The van der Waals surface area contributed by atoms with Gasteiger partial charge in [0.15, 0.2) is 0 Å². The highest BCUT2D eigenvalue weighted by atomic mass is 16.6. The Bertz CT molecular complexity index is 1190. The van der Waals surface area contributed by atoms with Crippen molar-refractivity contribution in [3.05, 3.63) is 35.9 Å². The normalized spacial score (nSPS) is 17.4. The minimum absolute atomic E-state index is 0.0804. The van der Waals surface area contributed by atoms with Gasteiger partial charge in [0.25, 0.3) is 0 Å². The molecule has 2 saturated heterocycles. The van der Waals surface area contributed by atoms with Crippen molar-refractivity contribution in [1.29, 1.82) is 0 Å². The number of rotatable bonds is 13. The quantitative estimate of drug-likeness (QED) is 0.251. The molecule has 2 heterocycles. The molecule has 2 fully saturated rings. The first-order valence-corrected chi connectivity index (χ1v) is 15.6. The number of benzene rings is 1. The predicted octanol–water partition coefficient (Wildman–Crippen LogP) is 0.897. The summed E-state index contributed by atoms with van der Waals surface area (Å²) in [6.45, 7) is 11.7. The number of nitrogens with one attached hydrogen (secondary N) is 4. The third-order valence-corrected chi connectivity index (χ3v) is 7.88. The van der Waals surface area contributed by atoms with E-state index < -0.39 is 48.0 Å². The molecule has 0 saturated carbocycles. The van der Waals surface area contributed by atoms with Crippen LogP contribution in [-0.2, 0) is 30.3 Å². The van der Waals surface area contributed by atoms with Crippen LogP contribution in [0.1, 0.15) is 53.0 Å². The lowest BCUT2D eigenvalue weighted by molar-refractivity contribution is -0.144. The maximum absolute atomic E-state index is 13.1. The van der Waals surface area contributed by atoms with Gasteiger partial charge in [-0.1, -0.05) is 44.2 Å². The molecule has 2 atom stereocenters. The maximum atomic E-state index is 13.1. The van der Waals surface area contributed by atoms with Crippen molar-refractivity contribution in [2.75, 3.05) is 53.4 Å². The van der Waals surface area contributed by atoms with Gasteiger partial charge in [0.05, 0.1) is 13.1 Å². The van der Waals surface area contributed by atoms with Gasteiger partial charge in [-0.3, -0.25) is 19.2 Å². The van der Waals surface area contributed by atoms with E-state index in [1.165, 1.54) is 0 Å². The highest BCUT2D eigenvalue weighted by Gasteiger charge is 2.49. The van der Waals surface area contributed by atoms with E-state index >= 15 is 0 Å². The Balaban J connectivity index is 1.50. The lowest BCUT2D eigenvalue weighted by Crippen LogP contribution is -2.62. The third kappa shape index (κ3) is 11.3. The topological polar surface area (TPSA) is 152 Å². The molecule has 13 nitrogen and oxygen atoms in total. The van der Waals surface area contributed by atoms with Crippen LogP contribution in [0.25, 0.3) is 0 Å². The van der Waals surface area contributed by atoms with Crippen molar-refractivity contribution >= 4 is 29.7 Å². The van der Waals surface area contributed by atoms with Crippen LogP contribution in [0, 0.1) is 11.3 Å². The van der Waals surface area contributed by atoms with Crippen LogP contribution in [0.2, 0.25) is 0 Å². The van der Waals surface area contributed by atoms with E-state index in [1.54, 1.807) is 25.7 Å². The minimum Gasteiger partial charge on any atom is -0.444 e. The molecule has 1 aromatic carbocycles. The predicted molar refractivity (Wildman–Crippen MR) is 170 cm³/mol. The summed E-state index contributed by atoms with van der Waals surface area (Å²) in [4.78, 5) is 66.0. The average Bonchev–Trinajstić information content (AvgIpc) is 3.39. The standard InChI is InChI=1S/C32H51N7O6/c1-22(2)15-24(28(42)34-18-27(41)38-19-32(20-38)13-14-39(21-32)37(6)7)35-26(40)17-33-29(43)25(16-23-11-9-8-10-12-23)36-30(44)45-31(3,4)5/h8-12,22,24-25H,13-21H2,1-7H3,(H,33,43)(H,34,42)(H,35,40)(H,36,44). The van der Waals surface area contributed by atoms with Gasteiger partial charge in [0.1, 0.15) is 17.7 Å².